The Morgan fingerprint density at radius 2 is 1.68 bits per heavy atom. The van der Waals surface area contributed by atoms with Crippen molar-refractivity contribution >= 4 is 11.8 Å². The Balaban J connectivity index is 1.82. The number of halogens is 1. The molecule has 0 aliphatic carbocycles. The number of nitrogens with one attached hydrogen (secondary N) is 1. The molecular weight excluding hydrogens is 319 g/mol. The maximum atomic E-state index is 12.8. The van der Waals surface area contributed by atoms with Crippen LogP contribution in [0.4, 0.5) is 4.39 Å². The number of carbonyl (C=O) groups excluding carboxylic acids is 2. The molecule has 5 heteroatoms. The summed E-state index contributed by atoms with van der Waals surface area (Å²) in [6.07, 6.45) is 0.184. The van der Waals surface area contributed by atoms with Crippen LogP contribution in [0.25, 0.3) is 0 Å². The van der Waals surface area contributed by atoms with Crippen molar-refractivity contribution in [1.29, 1.82) is 0 Å². The Labute approximate surface area is 146 Å². The zero-order chi connectivity index (χ0) is 18.2. The van der Waals surface area contributed by atoms with Gasteiger partial charge in [-0.1, -0.05) is 24.0 Å². The topological polar surface area (TPSA) is 49.4 Å². The molecule has 0 spiro atoms. The summed E-state index contributed by atoms with van der Waals surface area (Å²) in [4.78, 5) is 25.1. The van der Waals surface area contributed by atoms with Crippen LogP contribution in [0, 0.1) is 17.7 Å². The zero-order valence-corrected chi connectivity index (χ0v) is 14.2. The zero-order valence-electron chi connectivity index (χ0n) is 14.2. The molecule has 2 rings (SSSR count). The molecule has 0 aliphatic heterocycles. The molecule has 0 radical (unpaired) electrons. The minimum absolute atomic E-state index is 0.0624. The Morgan fingerprint density at radius 3 is 2.28 bits per heavy atom. The molecule has 0 saturated carbocycles. The highest BCUT2D eigenvalue weighted by molar-refractivity contribution is 5.93. The molecule has 2 aromatic carbocycles. The highest BCUT2D eigenvalue weighted by Gasteiger charge is 2.06. The quantitative estimate of drug-likeness (QED) is 0.869. The van der Waals surface area contributed by atoms with Crippen LogP contribution in [0.3, 0.4) is 0 Å². The summed E-state index contributed by atoms with van der Waals surface area (Å²) in [5.74, 6) is 5.23. The van der Waals surface area contributed by atoms with Crippen LogP contribution in [-0.4, -0.2) is 37.4 Å². The fourth-order valence-electron chi connectivity index (χ4n) is 2.09. The van der Waals surface area contributed by atoms with Crippen LogP contribution in [0.1, 0.15) is 21.5 Å². The first-order chi connectivity index (χ1) is 12.0. The first kappa shape index (κ1) is 18.2. The van der Waals surface area contributed by atoms with E-state index in [1.807, 2.05) is 0 Å². The van der Waals surface area contributed by atoms with Crippen molar-refractivity contribution in [3.63, 3.8) is 0 Å². The summed E-state index contributed by atoms with van der Waals surface area (Å²) in [7, 11) is 3.40. The Hall–Kier alpha value is -3.13. The third-order valence-corrected chi connectivity index (χ3v) is 3.42. The van der Waals surface area contributed by atoms with Gasteiger partial charge in [-0.25, -0.2) is 4.39 Å². The molecule has 1 N–H and O–H groups in total. The Kier molecular flexibility index (Phi) is 6.30. The number of amides is 2. The normalized spacial score (nSPS) is 9.72. The van der Waals surface area contributed by atoms with E-state index in [4.69, 9.17) is 0 Å². The van der Waals surface area contributed by atoms with Crippen LogP contribution in [-0.2, 0) is 11.2 Å². The third kappa shape index (κ3) is 5.78. The lowest BCUT2D eigenvalue weighted by Gasteiger charge is -2.09. The minimum Gasteiger partial charge on any atom is -0.345 e. The SMILES string of the molecule is CN(C)C(=O)c1ccc(C#CCNC(=O)Cc2ccc(F)cc2)cc1. The van der Waals surface area contributed by atoms with E-state index in [0.29, 0.717) is 5.56 Å². The molecule has 0 saturated heterocycles. The van der Waals surface area contributed by atoms with Gasteiger partial charge in [0.05, 0.1) is 13.0 Å². The van der Waals surface area contributed by atoms with Gasteiger partial charge < -0.3 is 10.2 Å². The maximum Gasteiger partial charge on any atom is 0.253 e. The first-order valence-electron chi connectivity index (χ1n) is 7.77. The lowest BCUT2D eigenvalue weighted by molar-refractivity contribution is -0.120. The van der Waals surface area contributed by atoms with E-state index in [2.05, 4.69) is 17.2 Å². The van der Waals surface area contributed by atoms with Crippen molar-refractivity contribution in [2.24, 2.45) is 0 Å². The molecule has 128 valence electrons. The molecule has 0 heterocycles. The fourth-order valence-corrected chi connectivity index (χ4v) is 2.09. The van der Waals surface area contributed by atoms with E-state index < -0.39 is 0 Å². The summed E-state index contributed by atoms with van der Waals surface area (Å²) >= 11 is 0. The molecule has 0 unspecified atom stereocenters. The number of nitrogens with zero attached hydrogens (tertiary/aromatic N) is 1. The van der Waals surface area contributed by atoms with Crippen molar-refractivity contribution in [2.75, 3.05) is 20.6 Å². The highest BCUT2D eigenvalue weighted by atomic mass is 19.1. The van der Waals surface area contributed by atoms with Crippen molar-refractivity contribution in [3.8, 4) is 11.8 Å². The summed E-state index contributed by atoms with van der Waals surface area (Å²) in [5.41, 5.74) is 2.11. The third-order valence-electron chi connectivity index (χ3n) is 3.42. The summed E-state index contributed by atoms with van der Waals surface area (Å²) < 4.78 is 12.8. The fraction of sp³-hybridized carbons (Fsp3) is 0.200. The number of carbonyl (C=O) groups is 2. The first-order valence-corrected chi connectivity index (χ1v) is 7.77. The molecule has 25 heavy (non-hydrogen) atoms. The van der Waals surface area contributed by atoms with Gasteiger partial charge >= 0.3 is 0 Å². The van der Waals surface area contributed by atoms with Crippen molar-refractivity contribution in [3.05, 3.63) is 71.0 Å². The van der Waals surface area contributed by atoms with Gasteiger partial charge in [0.15, 0.2) is 0 Å². The van der Waals surface area contributed by atoms with Gasteiger partial charge in [0.2, 0.25) is 5.91 Å². The van der Waals surface area contributed by atoms with Crippen LogP contribution >= 0.6 is 0 Å². The monoisotopic (exact) mass is 338 g/mol. The number of hydrogen-bond acceptors (Lipinski definition) is 2. The van der Waals surface area contributed by atoms with E-state index in [9.17, 15) is 14.0 Å². The highest BCUT2D eigenvalue weighted by Crippen LogP contribution is 2.05. The van der Waals surface area contributed by atoms with Crippen molar-refractivity contribution in [2.45, 2.75) is 6.42 Å². The lowest BCUT2D eigenvalue weighted by atomic mass is 10.1. The van der Waals surface area contributed by atoms with Gasteiger partial charge in [-0.3, -0.25) is 9.59 Å². The molecule has 2 aromatic rings. The minimum atomic E-state index is -0.326. The smallest absolute Gasteiger partial charge is 0.253 e. The van der Waals surface area contributed by atoms with E-state index in [1.165, 1.54) is 17.0 Å². The molecule has 0 fully saturated rings. The van der Waals surface area contributed by atoms with E-state index >= 15 is 0 Å². The van der Waals surface area contributed by atoms with Crippen LogP contribution in [0.5, 0.6) is 0 Å². The second-order valence-corrected chi connectivity index (χ2v) is 5.66. The molecule has 0 aromatic heterocycles. The Morgan fingerprint density at radius 1 is 1.04 bits per heavy atom. The molecular formula is C20H19FN2O2. The number of benzene rings is 2. The largest absolute Gasteiger partial charge is 0.345 e. The van der Waals surface area contributed by atoms with Gasteiger partial charge in [-0.15, -0.1) is 0 Å². The molecule has 0 atom stereocenters. The van der Waals surface area contributed by atoms with E-state index in [0.717, 1.165) is 11.1 Å². The number of hydrogen-bond donors (Lipinski definition) is 1. The lowest BCUT2D eigenvalue weighted by Crippen LogP contribution is -2.25. The maximum absolute atomic E-state index is 12.8. The summed E-state index contributed by atoms with van der Waals surface area (Å²) in [5, 5.41) is 2.69. The predicted octanol–water partition coefficient (Wildman–Crippen LogP) is 2.24. The summed E-state index contributed by atoms with van der Waals surface area (Å²) in [6, 6.07) is 12.8. The van der Waals surface area contributed by atoms with Gasteiger partial charge in [0.25, 0.3) is 5.91 Å². The van der Waals surface area contributed by atoms with Crippen LogP contribution in [0.2, 0.25) is 0 Å². The van der Waals surface area contributed by atoms with Gasteiger partial charge in [0, 0.05) is 25.2 Å². The molecule has 0 bridgehead atoms. The second kappa shape index (κ2) is 8.65. The van der Waals surface area contributed by atoms with Crippen molar-refractivity contribution < 1.29 is 14.0 Å². The molecule has 4 nitrogen and oxygen atoms in total. The van der Waals surface area contributed by atoms with Gasteiger partial charge in [0.1, 0.15) is 5.82 Å². The van der Waals surface area contributed by atoms with Gasteiger partial charge in [-0.05, 0) is 42.0 Å². The van der Waals surface area contributed by atoms with Crippen LogP contribution in [0.15, 0.2) is 48.5 Å². The van der Waals surface area contributed by atoms with Crippen molar-refractivity contribution in [1.82, 2.24) is 10.2 Å². The van der Waals surface area contributed by atoms with E-state index in [-0.39, 0.29) is 30.6 Å². The van der Waals surface area contributed by atoms with E-state index in [1.54, 1.807) is 50.5 Å². The standard InChI is InChI=1S/C20H19FN2O2/c1-23(2)20(25)17-9-5-15(6-10-17)4-3-13-22-19(24)14-16-7-11-18(21)12-8-16/h5-12H,13-14H2,1-2H3,(H,22,24). The van der Waals surface area contributed by atoms with Crippen LogP contribution < -0.4 is 5.32 Å². The molecule has 2 amide bonds. The van der Waals surface area contributed by atoms with Gasteiger partial charge in [-0.2, -0.15) is 0 Å². The Bertz CT molecular complexity index is 800. The summed E-state index contributed by atoms with van der Waals surface area (Å²) in [6.45, 7) is 0.221. The average Bonchev–Trinajstić information content (AvgIpc) is 2.60. The number of rotatable bonds is 4. The average molecular weight is 338 g/mol. The predicted molar refractivity (Wildman–Crippen MR) is 94.5 cm³/mol. The molecule has 0 aliphatic rings. The second-order valence-electron chi connectivity index (χ2n) is 5.66.